The molecule has 0 radical (unpaired) electrons. The molecule has 188 valence electrons. The van der Waals surface area contributed by atoms with E-state index in [4.69, 9.17) is 36.8 Å². The molecule has 0 aliphatic carbocycles. The molecule has 0 atom stereocenters. The largest absolute Gasteiger partial charge is 0.477 e. The number of nitro benzene ring substituents is 1. The molecule has 0 unspecified atom stereocenters. The zero-order valence-electron chi connectivity index (χ0n) is 17.5. The lowest BCUT2D eigenvalue weighted by Crippen LogP contribution is -2.32. The summed E-state index contributed by atoms with van der Waals surface area (Å²) in [6, 6.07) is 5.27. The molecule has 2 aromatic rings. The molecule has 14 heteroatoms. The zero-order valence-corrected chi connectivity index (χ0v) is 18.3. The molecule has 0 saturated carbocycles. The van der Waals surface area contributed by atoms with Crippen LogP contribution in [0.2, 0.25) is 5.02 Å². The number of aliphatic hydroxyl groups is 3. The summed E-state index contributed by atoms with van der Waals surface area (Å²) in [6.07, 6.45) is -4.58. The molecule has 2 rings (SSSR count). The molecular weight excluding hydrogens is 489 g/mol. The number of carboxylic acids is 1. The molecule has 0 aliphatic rings. The van der Waals surface area contributed by atoms with E-state index in [1.165, 1.54) is 0 Å². The summed E-state index contributed by atoms with van der Waals surface area (Å²) in [7, 11) is 0. The van der Waals surface area contributed by atoms with Crippen LogP contribution in [-0.2, 0) is 6.18 Å². The highest BCUT2D eigenvalue weighted by Gasteiger charge is 2.31. The molecule has 0 spiro atoms. The van der Waals surface area contributed by atoms with Gasteiger partial charge in [-0.25, -0.2) is 4.79 Å². The van der Waals surface area contributed by atoms with E-state index in [0.717, 1.165) is 30.3 Å². The maximum atomic E-state index is 12.6. The Labute approximate surface area is 196 Å². The van der Waals surface area contributed by atoms with Gasteiger partial charge in [-0.3, -0.25) is 15.0 Å². The van der Waals surface area contributed by atoms with Gasteiger partial charge in [-0.05, 0) is 24.3 Å². The molecule has 34 heavy (non-hydrogen) atoms. The van der Waals surface area contributed by atoms with Crippen molar-refractivity contribution in [1.29, 1.82) is 0 Å². The second-order valence-corrected chi connectivity index (χ2v) is 6.91. The van der Waals surface area contributed by atoms with Crippen LogP contribution >= 0.6 is 11.6 Å². The number of nitro groups is 1. The highest BCUT2D eigenvalue weighted by Crippen LogP contribution is 2.37. The lowest BCUT2D eigenvalue weighted by atomic mass is 10.1. The maximum absolute atomic E-state index is 12.6. The van der Waals surface area contributed by atoms with Crippen molar-refractivity contribution in [1.82, 2.24) is 4.90 Å². The molecule has 0 aromatic heterocycles. The third-order valence-electron chi connectivity index (χ3n) is 4.13. The summed E-state index contributed by atoms with van der Waals surface area (Å²) in [6.45, 7) is 1.75. The Hall–Kier alpha value is -2.97. The Morgan fingerprint density at radius 1 is 1.03 bits per heavy atom. The van der Waals surface area contributed by atoms with Crippen LogP contribution in [0.1, 0.15) is 15.9 Å². The Kier molecular flexibility index (Phi) is 11.7. The predicted octanol–water partition coefficient (Wildman–Crippen LogP) is 3.02. The van der Waals surface area contributed by atoms with E-state index in [0.29, 0.717) is 25.7 Å². The molecule has 0 aliphatic heterocycles. The highest BCUT2D eigenvalue weighted by molar-refractivity contribution is 6.32. The van der Waals surface area contributed by atoms with Gasteiger partial charge in [-0.1, -0.05) is 11.6 Å². The average molecular weight is 511 g/mol. The molecule has 0 bridgehead atoms. The normalized spacial score (nSPS) is 11.1. The first kappa shape index (κ1) is 29.1. The number of aliphatic hydroxyl groups excluding tert-OH is 3. The second-order valence-electron chi connectivity index (χ2n) is 6.50. The van der Waals surface area contributed by atoms with Crippen molar-refractivity contribution in [3.8, 4) is 11.5 Å². The molecule has 10 nitrogen and oxygen atoms in total. The Morgan fingerprint density at radius 2 is 1.59 bits per heavy atom. The van der Waals surface area contributed by atoms with Crippen molar-refractivity contribution < 1.29 is 48.1 Å². The number of hydrogen-bond acceptors (Lipinski definition) is 8. The van der Waals surface area contributed by atoms with Gasteiger partial charge < -0.3 is 25.2 Å². The van der Waals surface area contributed by atoms with E-state index in [1.807, 2.05) is 0 Å². The van der Waals surface area contributed by atoms with E-state index in [2.05, 4.69) is 0 Å². The maximum Gasteiger partial charge on any atom is 0.416 e. The molecule has 2 aromatic carbocycles. The van der Waals surface area contributed by atoms with E-state index < -0.39 is 33.9 Å². The van der Waals surface area contributed by atoms with Crippen LogP contribution in [0.4, 0.5) is 18.9 Å². The van der Waals surface area contributed by atoms with Crippen molar-refractivity contribution in [3.63, 3.8) is 0 Å². The standard InChI is InChI=1S/C14H7ClF3NO5.C6H15NO3/c15-10-5-7(14(16,17)18)1-4-12(10)24-8-2-3-11(19(22)23)9(6-8)13(20)21;8-4-1-7(2-5-9)3-6-10/h1-6H,(H,20,21);8-10H,1-6H2. The summed E-state index contributed by atoms with van der Waals surface area (Å²) in [4.78, 5) is 22.7. The minimum atomic E-state index is -4.58. The third-order valence-corrected chi connectivity index (χ3v) is 4.43. The number of hydrogen-bond donors (Lipinski definition) is 4. The first-order valence-corrected chi connectivity index (χ1v) is 9.93. The van der Waals surface area contributed by atoms with Gasteiger partial charge >= 0.3 is 12.1 Å². The van der Waals surface area contributed by atoms with Gasteiger partial charge in [0.25, 0.3) is 5.69 Å². The Bertz CT molecular complexity index is 961. The fraction of sp³-hybridized carbons (Fsp3) is 0.350. The number of halogens is 4. The lowest BCUT2D eigenvalue weighted by Gasteiger charge is -2.17. The van der Waals surface area contributed by atoms with Gasteiger partial charge in [0.2, 0.25) is 0 Å². The van der Waals surface area contributed by atoms with Crippen molar-refractivity contribution in [2.75, 3.05) is 39.5 Å². The lowest BCUT2D eigenvalue weighted by molar-refractivity contribution is -0.385. The number of aromatic carboxylic acids is 1. The fourth-order valence-electron chi connectivity index (χ4n) is 2.56. The summed E-state index contributed by atoms with van der Waals surface area (Å²) in [5, 5.41) is 44.8. The van der Waals surface area contributed by atoms with E-state index >= 15 is 0 Å². The van der Waals surface area contributed by atoms with Crippen LogP contribution in [0.15, 0.2) is 36.4 Å². The first-order valence-electron chi connectivity index (χ1n) is 9.55. The van der Waals surface area contributed by atoms with E-state index in [1.54, 1.807) is 4.90 Å². The topological polar surface area (TPSA) is 154 Å². The summed E-state index contributed by atoms with van der Waals surface area (Å²) in [5.74, 6) is -1.83. The summed E-state index contributed by atoms with van der Waals surface area (Å²) >= 11 is 5.72. The highest BCUT2D eigenvalue weighted by atomic mass is 35.5. The van der Waals surface area contributed by atoms with Crippen LogP contribution in [0.3, 0.4) is 0 Å². The number of ether oxygens (including phenoxy) is 1. The first-order chi connectivity index (χ1) is 15.9. The molecular formula is C20H22ClF3N2O8. The minimum Gasteiger partial charge on any atom is -0.477 e. The monoisotopic (exact) mass is 510 g/mol. The molecule has 0 heterocycles. The molecule has 0 fully saturated rings. The van der Waals surface area contributed by atoms with Crippen LogP contribution in [0, 0.1) is 10.1 Å². The molecule has 0 saturated heterocycles. The number of benzene rings is 2. The SMILES string of the molecule is O=C(O)c1cc(Oc2ccc(C(F)(F)F)cc2Cl)ccc1[N+](=O)[O-].OCCN(CCO)CCO. The number of rotatable bonds is 10. The van der Waals surface area contributed by atoms with Gasteiger partial charge in [-0.15, -0.1) is 0 Å². The van der Waals surface area contributed by atoms with Crippen molar-refractivity contribution in [2.45, 2.75) is 6.18 Å². The number of alkyl halides is 3. The van der Waals surface area contributed by atoms with Crippen LogP contribution < -0.4 is 4.74 Å². The second kappa shape index (κ2) is 13.7. The summed E-state index contributed by atoms with van der Waals surface area (Å²) < 4.78 is 42.9. The molecule has 4 N–H and O–H groups in total. The fourth-order valence-corrected chi connectivity index (χ4v) is 2.77. The predicted molar refractivity (Wildman–Crippen MR) is 114 cm³/mol. The molecule has 0 amide bonds. The number of nitrogens with zero attached hydrogens (tertiary/aromatic N) is 2. The van der Waals surface area contributed by atoms with Crippen molar-refractivity contribution in [3.05, 3.63) is 62.7 Å². The Morgan fingerprint density at radius 3 is 2.00 bits per heavy atom. The summed E-state index contributed by atoms with van der Waals surface area (Å²) in [5.41, 5.74) is -2.25. The van der Waals surface area contributed by atoms with Crippen LogP contribution in [0.25, 0.3) is 0 Å². The van der Waals surface area contributed by atoms with Gasteiger partial charge in [0.05, 0.1) is 35.3 Å². The van der Waals surface area contributed by atoms with Gasteiger partial charge in [0, 0.05) is 31.8 Å². The van der Waals surface area contributed by atoms with Gasteiger partial charge in [0.15, 0.2) is 0 Å². The van der Waals surface area contributed by atoms with Gasteiger partial charge in [0.1, 0.15) is 17.1 Å². The average Bonchev–Trinajstić information content (AvgIpc) is 2.75. The Balaban J connectivity index is 0.000000489. The number of carboxylic acid groups (broad SMARTS) is 1. The smallest absolute Gasteiger partial charge is 0.416 e. The van der Waals surface area contributed by atoms with Gasteiger partial charge in [-0.2, -0.15) is 13.2 Å². The van der Waals surface area contributed by atoms with E-state index in [9.17, 15) is 28.1 Å². The zero-order chi connectivity index (χ0) is 25.9. The number of carbonyl (C=O) groups is 1. The van der Waals surface area contributed by atoms with Crippen LogP contribution in [0.5, 0.6) is 11.5 Å². The van der Waals surface area contributed by atoms with E-state index in [-0.39, 0.29) is 36.3 Å². The van der Waals surface area contributed by atoms with Crippen molar-refractivity contribution in [2.24, 2.45) is 0 Å². The quantitative estimate of drug-likeness (QED) is 0.279. The van der Waals surface area contributed by atoms with Crippen molar-refractivity contribution >= 4 is 23.3 Å². The third kappa shape index (κ3) is 9.11. The van der Waals surface area contributed by atoms with Crippen LogP contribution in [-0.4, -0.2) is 75.7 Å². The minimum absolute atomic E-state index is 0.0694.